The molecule has 2 aromatic rings. The molecule has 0 unspecified atom stereocenters. The number of nitrogens with one attached hydrogen (secondary N) is 1. The molecule has 118 valence electrons. The number of aromatic carboxylic acids is 2. The molecule has 0 aromatic heterocycles. The molecule has 1 amide bonds. The van der Waals surface area contributed by atoms with Crippen LogP contribution in [0, 0.1) is 0 Å². The van der Waals surface area contributed by atoms with Gasteiger partial charge in [0.2, 0.25) is 5.91 Å². The maximum atomic E-state index is 11.9. The van der Waals surface area contributed by atoms with Crippen LogP contribution in [0.2, 0.25) is 0 Å². The highest BCUT2D eigenvalue weighted by Gasteiger charge is 2.08. The molecule has 0 heterocycles. The summed E-state index contributed by atoms with van der Waals surface area (Å²) in [4.78, 5) is 34.0. The molecule has 0 aliphatic rings. The number of rotatable bonds is 6. The Kier molecular flexibility index (Phi) is 5.37. The number of hydrogen-bond donors (Lipinski definition) is 1. The van der Waals surface area contributed by atoms with Crippen LogP contribution in [0.5, 0.6) is 0 Å². The topological polar surface area (TPSA) is 109 Å². The number of hydrogen-bond acceptors (Lipinski definition) is 6. The normalized spacial score (nSPS) is 10.1. The van der Waals surface area contributed by atoms with Gasteiger partial charge in [-0.1, -0.05) is 30.3 Å². The third-order valence-electron chi connectivity index (χ3n) is 2.85. The van der Waals surface area contributed by atoms with Crippen molar-refractivity contribution < 1.29 is 24.6 Å². The average Bonchev–Trinajstić information content (AvgIpc) is 2.53. The minimum Gasteiger partial charge on any atom is -0.545 e. The fourth-order valence-electron chi connectivity index (χ4n) is 1.83. The quantitative estimate of drug-likeness (QED) is 0.755. The van der Waals surface area contributed by atoms with Gasteiger partial charge in [0, 0.05) is 16.1 Å². The number of anilines is 1. The predicted molar refractivity (Wildman–Crippen MR) is 80.9 cm³/mol. The molecule has 1 N–H and O–H groups in total. The molecule has 0 saturated heterocycles. The summed E-state index contributed by atoms with van der Waals surface area (Å²) in [5.74, 6) is -3.06. The lowest BCUT2D eigenvalue weighted by Crippen LogP contribution is -2.23. The van der Waals surface area contributed by atoms with E-state index in [9.17, 15) is 24.6 Å². The largest absolute Gasteiger partial charge is 0.545 e. The van der Waals surface area contributed by atoms with Crippen LogP contribution in [0.3, 0.4) is 0 Å². The molecule has 2 aromatic carbocycles. The van der Waals surface area contributed by atoms with Crippen molar-refractivity contribution in [1.29, 1.82) is 0 Å². The van der Waals surface area contributed by atoms with Gasteiger partial charge in [0.15, 0.2) is 0 Å². The number of carbonyl (C=O) groups is 3. The van der Waals surface area contributed by atoms with E-state index in [0.717, 1.165) is 11.8 Å². The molecule has 0 bridgehead atoms. The molecule has 0 saturated carbocycles. The first kappa shape index (κ1) is 16.6. The highest BCUT2D eigenvalue weighted by molar-refractivity contribution is 8.00. The van der Waals surface area contributed by atoms with Crippen LogP contribution >= 0.6 is 11.8 Å². The van der Waals surface area contributed by atoms with Gasteiger partial charge in [0.25, 0.3) is 0 Å². The molecular formula is C16H11NO5S-2. The number of amides is 1. The molecule has 2 rings (SSSR count). The number of thioether (sulfide) groups is 1. The van der Waals surface area contributed by atoms with Gasteiger partial charge >= 0.3 is 0 Å². The van der Waals surface area contributed by atoms with Crippen LogP contribution in [0.1, 0.15) is 20.7 Å². The van der Waals surface area contributed by atoms with Crippen molar-refractivity contribution in [3.63, 3.8) is 0 Å². The van der Waals surface area contributed by atoms with Crippen LogP contribution < -0.4 is 15.5 Å². The lowest BCUT2D eigenvalue weighted by Gasteiger charge is -2.10. The summed E-state index contributed by atoms with van der Waals surface area (Å²) in [5.41, 5.74) is 0.299. The van der Waals surface area contributed by atoms with Gasteiger partial charge in [-0.05, 0) is 23.8 Å². The summed E-state index contributed by atoms with van der Waals surface area (Å²) in [6.45, 7) is 0. The van der Waals surface area contributed by atoms with Crippen molar-refractivity contribution >= 4 is 35.3 Å². The van der Waals surface area contributed by atoms with E-state index < -0.39 is 17.8 Å². The Morgan fingerprint density at radius 3 is 2.39 bits per heavy atom. The zero-order valence-corrected chi connectivity index (χ0v) is 12.6. The predicted octanol–water partition coefficient (Wildman–Crippen LogP) is 0.144. The van der Waals surface area contributed by atoms with E-state index in [-0.39, 0.29) is 16.9 Å². The molecule has 0 aliphatic carbocycles. The highest BCUT2D eigenvalue weighted by Crippen LogP contribution is 2.22. The molecule has 6 nitrogen and oxygen atoms in total. The molecule has 0 aliphatic heterocycles. The molecule has 7 heteroatoms. The van der Waals surface area contributed by atoms with Crippen LogP contribution in [0.4, 0.5) is 5.69 Å². The summed E-state index contributed by atoms with van der Waals surface area (Å²) in [5, 5.41) is 24.3. The minimum absolute atomic E-state index is 0.0178. The van der Waals surface area contributed by atoms with Gasteiger partial charge in [0.05, 0.1) is 17.7 Å². The highest BCUT2D eigenvalue weighted by atomic mass is 32.2. The van der Waals surface area contributed by atoms with E-state index in [1.54, 1.807) is 24.3 Å². The summed E-state index contributed by atoms with van der Waals surface area (Å²) in [6, 6.07) is 11.9. The lowest BCUT2D eigenvalue weighted by molar-refractivity contribution is -0.256. The van der Waals surface area contributed by atoms with E-state index in [1.165, 1.54) is 24.3 Å². The monoisotopic (exact) mass is 329 g/mol. The first-order valence-electron chi connectivity index (χ1n) is 6.52. The summed E-state index contributed by atoms with van der Waals surface area (Å²) < 4.78 is 0. The smallest absolute Gasteiger partial charge is 0.234 e. The number of carbonyl (C=O) groups excluding carboxylic acids is 3. The van der Waals surface area contributed by atoms with Crippen LogP contribution in [0.15, 0.2) is 53.4 Å². The molecule has 23 heavy (non-hydrogen) atoms. The molecule has 0 fully saturated rings. The van der Waals surface area contributed by atoms with Crippen molar-refractivity contribution in [2.24, 2.45) is 0 Å². The molecule has 0 spiro atoms. The second kappa shape index (κ2) is 7.46. The molecule has 0 radical (unpaired) electrons. The number of carboxylic acid groups (broad SMARTS) is 2. The molecule has 0 atom stereocenters. The Morgan fingerprint density at radius 1 is 0.957 bits per heavy atom. The maximum Gasteiger partial charge on any atom is 0.234 e. The zero-order chi connectivity index (χ0) is 16.8. The van der Waals surface area contributed by atoms with Crippen LogP contribution in [0.25, 0.3) is 0 Å². The van der Waals surface area contributed by atoms with Crippen molar-refractivity contribution in [3.8, 4) is 0 Å². The molecular weight excluding hydrogens is 318 g/mol. The van der Waals surface area contributed by atoms with E-state index in [1.807, 2.05) is 0 Å². The van der Waals surface area contributed by atoms with Gasteiger partial charge in [-0.2, -0.15) is 0 Å². The Bertz CT molecular complexity index is 760. The summed E-state index contributed by atoms with van der Waals surface area (Å²) in [6.07, 6.45) is 0. The SMILES string of the molecule is O=C(CSc1ccccc1C(=O)[O-])Nc1cccc(C(=O)[O-])c1. The van der Waals surface area contributed by atoms with E-state index in [2.05, 4.69) is 5.32 Å². The Labute approximate surface area is 136 Å². The van der Waals surface area contributed by atoms with E-state index in [4.69, 9.17) is 0 Å². The third kappa shape index (κ3) is 4.58. The third-order valence-corrected chi connectivity index (χ3v) is 3.92. The zero-order valence-electron chi connectivity index (χ0n) is 11.8. The minimum atomic E-state index is -1.33. The standard InChI is InChI=1S/C16H13NO5S/c18-14(17-11-5-3-4-10(8-11)15(19)20)9-23-13-7-2-1-6-12(13)16(21)22/h1-8H,9H2,(H,17,18)(H,19,20)(H,21,22)/p-2. The average molecular weight is 329 g/mol. The Hall–Kier alpha value is -2.80. The van der Waals surface area contributed by atoms with Crippen molar-refractivity contribution in [3.05, 3.63) is 59.7 Å². The Morgan fingerprint density at radius 2 is 1.70 bits per heavy atom. The van der Waals surface area contributed by atoms with Gasteiger partial charge in [-0.25, -0.2) is 0 Å². The fourth-order valence-corrected chi connectivity index (χ4v) is 2.67. The van der Waals surface area contributed by atoms with Gasteiger partial charge < -0.3 is 25.1 Å². The van der Waals surface area contributed by atoms with Gasteiger partial charge in [0.1, 0.15) is 0 Å². The second-order valence-electron chi connectivity index (χ2n) is 4.49. The van der Waals surface area contributed by atoms with Crippen molar-refractivity contribution in [1.82, 2.24) is 0 Å². The summed E-state index contributed by atoms with van der Waals surface area (Å²) in [7, 11) is 0. The van der Waals surface area contributed by atoms with E-state index >= 15 is 0 Å². The number of carboxylic acids is 2. The Balaban J connectivity index is 2.00. The first-order valence-corrected chi connectivity index (χ1v) is 7.50. The second-order valence-corrected chi connectivity index (χ2v) is 5.51. The van der Waals surface area contributed by atoms with Crippen molar-refractivity contribution in [2.75, 3.05) is 11.1 Å². The first-order chi connectivity index (χ1) is 11.0. The summed E-state index contributed by atoms with van der Waals surface area (Å²) >= 11 is 1.05. The lowest BCUT2D eigenvalue weighted by atomic mass is 10.2. The number of benzene rings is 2. The fraction of sp³-hybridized carbons (Fsp3) is 0.0625. The van der Waals surface area contributed by atoms with Gasteiger partial charge in [-0.3, -0.25) is 4.79 Å². The maximum absolute atomic E-state index is 11.9. The van der Waals surface area contributed by atoms with Crippen LogP contribution in [-0.4, -0.2) is 23.6 Å². The van der Waals surface area contributed by atoms with Crippen LogP contribution in [-0.2, 0) is 4.79 Å². The van der Waals surface area contributed by atoms with E-state index in [0.29, 0.717) is 10.6 Å². The van der Waals surface area contributed by atoms with Crippen molar-refractivity contribution in [2.45, 2.75) is 4.90 Å². The van der Waals surface area contributed by atoms with Gasteiger partial charge in [-0.15, -0.1) is 11.8 Å².